The Bertz CT molecular complexity index is 749. The molecule has 0 unspecified atom stereocenters. The van der Waals surface area contributed by atoms with Gasteiger partial charge in [-0.2, -0.15) is 4.99 Å². The summed E-state index contributed by atoms with van der Waals surface area (Å²) in [6.45, 7) is 7.55. The summed E-state index contributed by atoms with van der Waals surface area (Å²) < 4.78 is 12.5. The number of rotatable bonds is 6. The highest BCUT2D eigenvalue weighted by atomic mass is 32.1. The molecule has 7 heteroatoms. The third-order valence-electron chi connectivity index (χ3n) is 3.39. The van der Waals surface area contributed by atoms with Gasteiger partial charge in [-0.25, -0.2) is 4.98 Å². The molecule has 0 radical (unpaired) electrons. The molecule has 0 aliphatic heterocycles. The van der Waals surface area contributed by atoms with Gasteiger partial charge in [0.05, 0.1) is 13.2 Å². The van der Waals surface area contributed by atoms with Gasteiger partial charge in [-0.15, -0.1) is 11.3 Å². The molecule has 0 fully saturated rings. The maximum atomic E-state index is 12.5. The van der Waals surface area contributed by atoms with Crippen LogP contribution in [-0.2, 0) is 11.3 Å². The summed E-state index contributed by atoms with van der Waals surface area (Å²) >= 11 is 1.49. The average molecular weight is 335 g/mol. The molecule has 2 rings (SSSR count). The van der Waals surface area contributed by atoms with Crippen LogP contribution in [0.3, 0.4) is 0 Å². The zero-order valence-corrected chi connectivity index (χ0v) is 14.6. The number of carbonyl (C=O) groups excluding carboxylic acids is 1. The molecule has 0 atom stereocenters. The van der Waals surface area contributed by atoms with E-state index in [1.165, 1.54) is 11.3 Å². The van der Waals surface area contributed by atoms with E-state index in [1.807, 2.05) is 25.3 Å². The summed E-state index contributed by atoms with van der Waals surface area (Å²) in [6.07, 6.45) is 1.60. The van der Waals surface area contributed by atoms with Gasteiger partial charge < -0.3 is 14.0 Å². The predicted molar refractivity (Wildman–Crippen MR) is 89.0 cm³/mol. The Hall–Kier alpha value is -1.99. The van der Waals surface area contributed by atoms with Crippen molar-refractivity contribution in [3.05, 3.63) is 39.3 Å². The van der Waals surface area contributed by atoms with Gasteiger partial charge in [0.15, 0.2) is 4.80 Å². The van der Waals surface area contributed by atoms with E-state index in [4.69, 9.17) is 9.47 Å². The first-order chi connectivity index (χ1) is 11.1. The zero-order chi connectivity index (χ0) is 16.8. The van der Waals surface area contributed by atoms with Gasteiger partial charge in [0.2, 0.25) is 5.88 Å². The Kier molecular flexibility index (Phi) is 6.06. The molecule has 0 aliphatic rings. The van der Waals surface area contributed by atoms with Crippen LogP contribution in [0.25, 0.3) is 0 Å². The molecule has 23 heavy (non-hydrogen) atoms. The van der Waals surface area contributed by atoms with Crippen molar-refractivity contribution in [2.45, 2.75) is 27.3 Å². The SMILES string of the molecule is CCOc1ncccc1C(=O)N=c1sc(C)c(C)n1CCOC. The standard InChI is InChI=1S/C16H21N3O3S/c1-5-22-15-13(7-6-8-17-15)14(20)18-16-19(9-10-21-4)11(2)12(3)23-16/h6-8H,5,9-10H2,1-4H3. The highest BCUT2D eigenvalue weighted by Gasteiger charge is 2.14. The molecule has 0 saturated carbocycles. The summed E-state index contributed by atoms with van der Waals surface area (Å²) in [6, 6.07) is 3.38. The Morgan fingerprint density at radius 3 is 2.91 bits per heavy atom. The summed E-state index contributed by atoms with van der Waals surface area (Å²) in [5.74, 6) is -0.0360. The van der Waals surface area contributed by atoms with Crippen LogP contribution in [0, 0.1) is 13.8 Å². The maximum absolute atomic E-state index is 12.5. The van der Waals surface area contributed by atoms with Crippen LogP contribution in [0.4, 0.5) is 0 Å². The number of ether oxygens (including phenoxy) is 2. The quantitative estimate of drug-likeness (QED) is 0.813. The average Bonchev–Trinajstić information content (AvgIpc) is 2.80. The van der Waals surface area contributed by atoms with E-state index in [-0.39, 0.29) is 5.91 Å². The number of methoxy groups -OCH3 is 1. The third kappa shape index (κ3) is 4.05. The second-order valence-electron chi connectivity index (χ2n) is 4.88. The van der Waals surface area contributed by atoms with E-state index in [2.05, 4.69) is 9.98 Å². The van der Waals surface area contributed by atoms with Gasteiger partial charge in [-0.3, -0.25) is 4.79 Å². The Morgan fingerprint density at radius 1 is 1.43 bits per heavy atom. The molecule has 2 heterocycles. The fraction of sp³-hybridized carbons (Fsp3) is 0.438. The van der Waals surface area contributed by atoms with Crippen LogP contribution < -0.4 is 9.54 Å². The monoisotopic (exact) mass is 335 g/mol. The summed E-state index contributed by atoms with van der Waals surface area (Å²) in [5, 5.41) is 0. The zero-order valence-electron chi connectivity index (χ0n) is 13.8. The predicted octanol–water partition coefficient (Wildman–Crippen LogP) is 2.35. The van der Waals surface area contributed by atoms with E-state index in [9.17, 15) is 4.79 Å². The maximum Gasteiger partial charge on any atom is 0.285 e. The van der Waals surface area contributed by atoms with Crippen molar-refractivity contribution >= 4 is 17.2 Å². The van der Waals surface area contributed by atoms with Crippen LogP contribution in [0.15, 0.2) is 23.3 Å². The van der Waals surface area contributed by atoms with E-state index in [1.54, 1.807) is 25.4 Å². The lowest BCUT2D eigenvalue weighted by atomic mass is 10.2. The van der Waals surface area contributed by atoms with Gasteiger partial charge in [0, 0.05) is 30.4 Å². The van der Waals surface area contributed by atoms with Crippen LogP contribution in [-0.4, -0.2) is 35.8 Å². The number of hydrogen-bond donors (Lipinski definition) is 0. The molecule has 0 aromatic carbocycles. The fourth-order valence-corrected chi connectivity index (χ4v) is 3.08. The van der Waals surface area contributed by atoms with Crippen LogP contribution in [0.1, 0.15) is 27.9 Å². The van der Waals surface area contributed by atoms with Crippen molar-refractivity contribution < 1.29 is 14.3 Å². The van der Waals surface area contributed by atoms with Crippen molar-refractivity contribution in [2.75, 3.05) is 20.3 Å². The molecule has 0 bridgehead atoms. The number of aryl methyl sites for hydroxylation is 1. The lowest BCUT2D eigenvalue weighted by Crippen LogP contribution is -2.21. The first-order valence-electron chi connectivity index (χ1n) is 7.41. The number of amides is 1. The smallest absolute Gasteiger partial charge is 0.285 e. The van der Waals surface area contributed by atoms with Crippen LogP contribution >= 0.6 is 11.3 Å². The number of hydrogen-bond acceptors (Lipinski definition) is 5. The van der Waals surface area contributed by atoms with Gasteiger partial charge in [0.25, 0.3) is 5.91 Å². The molecule has 0 N–H and O–H groups in total. The summed E-state index contributed by atoms with van der Waals surface area (Å²) in [4.78, 5) is 22.7. The molecule has 2 aromatic rings. The first-order valence-corrected chi connectivity index (χ1v) is 8.22. The van der Waals surface area contributed by atoms with Crippen molar-refractivity contribution in [1.29, 1.82) is 0 Å². The largest absolute Gasteiger partial charge is 0.477 e. The molecule has 0 spiro atoms. The highest BCUT2D eigenvalue weighted by molar-refractivity contribution is 7.09. The number of carbonyl (C=O) groups is 1. The van der Waals surface area contributed by atoms with E-state index >= 15 is 0 Å². The highest BCUT2D eigenvalue weighted by Crippen LogP contribution is 2.16. The van der Waals surface area contributed by atoms with Gasteiger partial charge in [-0.05, 0) is 32.9 Å². The van der Waals surface area contributed by atoms with Crippen molar-refractivity contribution in [3.8, 4) is 5.88 Å². The lowest BCUT2D eigenvalue weighted by Gasteiger charge is -2.06. The fourth-order valence-electron chi connectivity index (χ4n) is 2.08. The number of nitrogens with zero attached hydrogens (tertiary/aromatic N) is 3. The molecule has 6 nitrogen and oxygen atoms in total. The Labute approximate surface area is 139 Å². The second-order valence-corrected chi connectivity index (χ2v) is 6.06. The van der Waals surface area contributed by atoms with Crippen molar-refractivity contribution in [3.63, 3.8) is 0 Å². The molecule has 0 aliphatic carbocycles. The molecule has 1 amide bonds. The minimum atomic E-state index is -0.353. The van der Waals surface area contributed by atoms with Crippen molar-refractivity contribution in [1.82, 2.24) is 9.55 Å². The lowest BCUT2D eigenvalue weighted by molar-refractivity contribution is 0.0992. The molecule has 0 saturated heterocycles. The Morgan fingerprint density at radius 2 is 2.22 bits per heavy atom. The van der Waals surface area contributed by atoms with Crippen molar-refractivity contribution in [2.24, 2.45) is 4.99 Å². The third-order valence-corrected chi connectivity index (χ3v) is 4.48. The van der Waals surface area contributed by atoms with Gasteiger partial charge in [0.1, 0.15) is 5.56 Å². The summed E-state index contributed by atoms with van der Waals surface area (Å²) in [7, 11) is 1.65. The minimum Gasteiger partial charge on any atom is -0.477 e. The molecular weight excluding hydrogens is 314 g/mol. The summed E-state index contributed by atoms with van der Waals surface area (Å²) in [5.41, 5.74) is 1.46. The number of pyridine rings is 1. The number of aromatic nitrogens is 2. The van der Waals surface area contributed by atoms with Crippen LogP contribution in [0.2, 0.25) is 0 Å². The Balaban J connectivity index is 2.42. The van der Waals surface area contributed by atoms with E-state index in [0.29, 0.717) is 36.0 Å². The van der Waals surface area contributed by atoms with Crippen LogP contribution in [0.5, 0.6) is 5.88 Å². The molecule has 2 aromatic heterocycles. The topological polar surface area (TPSA) is 65.7 Å². The minimum absolute atomic E-state index is 0.317. The first kappa shape index (κ1) is 17.4. The molecule has 124 valence electrons. The normalized spacial score (nSPS) is 11.7. The second kappa shape index (κ2) is 8.03. The van der Waals surface area contributed by atoms with Gasteiger partial charge >= 0.3 is 0 Å². The van der Waals surface area contributed by atoms with Gasteiger partial charge in [-0.1, -0.05) is 0 Å². The van der Waals surface area contributed by atoms with E-state index in [0.717, 1.165) is 10.6 Å². The number of thiazole rings is 1. The van der Waals surface area contributed by atoms with E-state index < -0.39 is 0 Å². The molecular formula is C16H21N3O3S.